The molecule has 0 aromatic carbocycles. The van der Waals surface area contributed by atoms with Crippen molar-refractivity contribution in [3.63, 3.8) is 0 Å². The van der Waals surface area contributed by atoms with E-state index >= 15 is 0 Å². The summed E-state index contributed by atoms with van der Waals surface area (Å²) in [5, 5.41) is 0. The summed E-state index contributed by atoms with van der Waals surface area (Å²) >= 11 is 0. The van der Waals surface area contributed by atoms with E-state index in [9.17, 15) is 0 Å². The van der Waals surface area contributed by atoms with Crippen LogP contribution in [0.4, 0.5) is 0 Å². The number of nitrogens with zero attached hydrogens (tertiary/aromatic N) is 2. The lowest BCUT2D eigenvalue weighted by molar-refractivity contribution is 0.0912. The van der Waals surface area contributed by atoms with E-state index in [2.05, 4.69) is 49.1 Å². The summed E-state index contributed by atoms with van der Waals surface area (Å²) in [6.45, 7) is 10.9. The van der Waals surface area contributed by atoms with Gasteiger partial charge in [0, 0.05) is 24.0 Å². The predicted molar refractivity (Wildman–Crippen MR) is 76.1 cm³/mol. The van der Waals surface area contributed by atoms with Crippen LogP contribution < -0.4 is 11.3 Å². The second kappa shape index (κ2) is 6.83. The molecule has 0 amide bonds. The molecule has 0 aliphatic rings. The zero-order valence-corrected chi connectivity index (χ0v) is 12.0. The van der Waals surface area contributed by atoms with Crippen molar-refractivity contribution in [2.75, 3.05) is 13.1 Å². The van der Waals surface area contributed by atoms with Gasteiger partial charge in [0.15, 0.2) is 0 Å². The van der Waals surface area contributed by atoms with Crippen molar-refractivity contribution in [1.29, 1.82) is 0 Å². The minimum absolute atomic E-state index is 0.00803. The Hall–Kier alpha value is -0.970. The maximum absolute atomic E-state index is 5.76. The van der Waals surface area contributed by atoms with Crippen LogP contribution in [0.25, 0.3) is 0 Å². The first-order chi connectivity index (χ1) is 8.56. The summed E-state index contributed by atoms with van der Waals surface area (Å²) < 4.78 is 0. The van der Waals surface area contributed by atoms with Crippen molar-refractivity contribution in [2.24, 2.45) is 5.84 Å². The van der Waals surface area contributed by atoms with E-state index in [0.29, 0.717) is 0 Å². The quantitative estimate of drug-likeness (QED) is 0.570. The van der Waals surface area contributed by atoms with E-state index in [1.165, 1.54) is 5.56 Å². The van der Waals surface area contributed by atoms with Crippen LogP contribution in [0.15, 0.2) is 24.5 Å². The second-order valence-electron chi connectivity index (χ2n) is 5.11. The normalized spacial score (nSPS) is 13.9. The lowest BCUT2D eigenvalue weighted by Gasteiger charge is -2.43. The molecule has 0 bridgehead atoms. The Morgan fingerprint density at radius 3 is 2.50 bits per heavy atom. The van der Waals surface area contributed by atoms with Gasteiger partial charge in [0.05, 0.1) is 0 Å². The molecule has 102 valence electrons. The van der Waals surface area contributed by atoms with Crippen molar-refractivity contribution >= 4 is 0 Å². The maximum Gasteiger partial charge on any atom is 0.0430 e. The molecule has 0 fully saturated rings. The summed E-state index contributed by atoms with van der Waals surface area (Å²) in [5.41, 5.74) is 4.19. The van der Waals surface area contributed by atoms with Crippen molar-refractivity contribution in [3.8, 4) is 0 Å². The number of hydrazine groups is 1. The van der Waals surface area contributed by atoms with Gasteiger partial charge < -0.3 is 0 Å². The number of rotatable bonds is 7. The Kier molecular flexibility index (Phi) is 5.72. The summed E-state index contributed by atoms with van der Waals surface area (Å²) in [7, 11) is 0. The zero-order chi connectivity index (χ0) is 13.6. The Balaban J connectivity index is 2.82. The molecule has 1 rings (SSSR count). The Morgan fingerprint density at radius 1 is 1.39 bits per heavy atom. The van der Waals surface area contributed by atoms with Crippen LogP contribution in [0.3, 0.4) is 0 Å². The molecule has 1 aromatic rings. The van der Waals surface area contributed by atoms with Gasteiger partial charge in [0.2, 0.25) is 0 Å². The molecular formula is C14H26N4. The molecule has 0 spiro atoms. The smallest absolute Gasteiger partial charge is 0.0430 e. The average molecular weight is 250 g/mol. The van der Waals surface area contributed by atoms with Crippen molar-refractivity contribution < 1.29 is 0 Å². The molecule has 0 saturated heterocycles. The molecule has 1 heterocycles. The first-order valence-electron chi connectivity index (χ1n) is 6.66. The molecule has 0 radical (unpaired) electrons. The molecule has 3 N–H and O–H groups in total. The van der Waals surface area contributed by atoms with E-state index in [-0.39, 0.29) is 11.6 Å². The molecule has 0 aliphatic heterocycles. The van der Waals surface area contributed by atoms with E-state index < -0.39 is 0 Å². The minimum Gasteiger partial charge on any atom is -0.297 e. The summed E-state index contributed by atoms with van der Waals surface area (Å²) in [5.74, 6) is 5.76. The largest absolute Gasteiger partial charge is 0.297 e. The van der Waals surface area contributed by atoms with Crippen LogP contribution in [0.5, 0.6) is 0 Å². The summed E-state index contributed by atoms with van der Waals surface area (Å²) in [6, 6.07) is 4.25. The molecule has 0 saturated carbocycles. The Bertz CT molecular complexity index is 333. The van der Waals surface area contributed by atoms with Crippen molar-refractivity contribution in [2.45, 2.75) is 45.7 Å². The van der Waals surface area contributed by atoms with Crippen LogP contribution >= 0.6 is 0 Å². The van der Waals surface area contributed by atoms with Gasteiger partial charge in [-0.25, -0.2) is 0 Å². The van der Waals surface area contributed by atoms with Gasteiger partial charge in [-0.05, 0) is 45.0 Å². The zero-order valence-electron chi connectivity index (χ0n) is 12.0. The van der Waals surface area contributed by atoms with E-state index in [0.717, 1.165) is 19.5 Å². The monoisotopic (exact) mass is 250 g/mol. The first kappa shape index (κ1) is 15.1. The Morgan fingerprint density at radius 2 is 2.06 bits per heavy atom. The standard InChI is InChI=1S/C14H26N4/c1-5-18(6-2)14(3,4)13(17-15)10-12-8-7-9-16-11-12/h7-9,11,13,17H,5-6,10,15H2,1-4H3. The number of aromatic nitrogens is 1. The van der Waals surface area contributed by atoms with Gasteiger partial charge >= 0.3 is 0 Å². The summed E-state index contributed by atoms with van der Waals surface area (Å²) in [4.78, 5) is 6.58. The second-order valence-corrected chi connectivity index (χ2v) is 5.11. The van der Waals surface area contributed by atoms with Gasteiger partial charge in [-0.1, -0.05) is 19.9 Å². The highest BCUT2D eigenvalue weighted by Gasteiger charge is 2.33. The van der Waals surface area contributed by atoms with Crippen LogP contribution in [-0.4, -0.2) is 34.6 Å². The SMILES string of the molecule is CCN(CC)C(C)(C)C(Cc1cccnc1)NN. The molecule has 4 heteroatoms. The first-order valence-corrected chi connectivity index (χ1v) is 6.66. The highest BCUT2D eigenvalue weighted by Crippen LogP contribution is 2.21. The third-order valence-electron chi connectivity index (χ3n) is 3.80. The van der Waals surface area contributed by atoms with Crippen LogP contribution in [0.2, 0.25) is 0 Å². The number of hydrogen-bond donors (Lipinski definition) is 2. The molecule has 0 aliphatic carbocycles. The van der Waals surface area contributed by atoms with E-state index in [1.54, 1.807) is 6.20 Å². The molecule has 1 atom stereocenters. The fourth-order valence-electron chi connectivity index (χ4n) is 2.53. The number of hydrogen-bond acceptors (Lipinski definition) is 4. The Labute approximate surface area is 111 Å². The number of likely N-dealkylation sites (N-methyl/N-ethyl adjacent to an activating group) is 1. The van der Waals surface area contributed by atoms with Gasteiger partial charge in [-0.3, -0.25) is 21.2 Å². The molecule has 4 nitrogen and oxygen atoms in total. The molecule has 18 heavy (non-hydrogen) atoms. The van der Waals surface area contributed by atoms with E-state index in [1.807, 2.05) is 12.3 Å². The fourth-order valence-corrected chi connectivity index (χ4v) is 2.53. The highest BCUT2D eigenvalue weighted by molar-refractivity contribution is 5.12. The minimum atomic E-state index is 0.00803. The molecule has 1 unspecified atom stereocenters. The third kappa shape index (κ3) is 3.51. The van der Waals surface area contributed by atoms with Crippen molar-refractivity contribution in [1.82, 2.24) is 15.3 Å². The van der Waals surface area contributed by atoms with Crippen LogP contribution in [0.1, 0.15) is 33.3 Å². The average Bonchev–Trinajstić information content (AvgIpc) is 2.38. The van der Waals surface area contributed by atoms with Gasteiger partial charge in [-0.15, -0.1) is 0 Å². The number of pyridine rings is 1. The third-order valence-corrected chi connectivity index (χ3v) is 3.80. The predicted octanol–water partition coefficient (Wildman–Crippen LogP) is 1.58. The van der Waals surface area contributed by atoms with E-state index in [4.69, 9.17) is 5.84 Å². The maximum atomic E-state index is 5.76. The lowest BCUT2D eigenvalue weighted by atomic mass is 9.88. The summed E-state index contributed by atoms with van der Waals surface area (Å²) in [6.07, 6.45) is 4.58. The molecular weight excluding hydrogens is 224 g/mol. The van der Waals surface area contributed by atoms with Crippen LogP contribution in [0, 0.1) is 0 Å². The van der Waals surface area contributed by atoms with Gasteiger partial charge in [-0.2, -0.15) is 0 Å². The van der Waals surface area contributed by atoms with Gasteiger partial charge in [0.25, 0.3) is 0 Å². The fraction of sp³-hybridized carbons (Fsp3) is 0.643. The molecule has 1 aromatic heterocycles. The van der Waals surface area contributed by atoms with Crippen LogP contribution in [-0.2, 0) is 6.42 Å². The number of nitrogens with one attached hydrogen (secondary N) is 1. The lowest BCUT2D eigenvalue weighted by Crippen LogP contribution is -2.60. The van der Waals surface area contributed by atoms with Gasteiger partial charge in [0.1, 0.15) is 0 Å². The topological polar surface area (TPSA) is 54.2 Å². The highest BCUT2D eigenvalue weighted by atomic mass is 15.3. The number of nitrogens with two attached hydrogens (primary N) is 1. The van der Waals surface area contributed by atoms with Crippen molar-refractivity contribution in [3.05, 3.63) is 30.1 Å².